The van der Waals surface area contributed by atoms with E-state index >= 15 is 0 Å². The Bertz CT molecular complexity index is 666. The van der Waals surface area contributed by atoms with E-state index in [2.05, 4.69) is 29.5 Å². The van der Waals surface area contributed by atoms with E-state index in [1.807, 2.05) is 38.1 Å². The van der Waals surface area contributed by atoms with E-state index in [4.69, 9.17) is 0 Å². The van der Waals surface area contributed by atoms with E-state index in [0.717, 1.165) is 22.6 Å². The van der Waals surface area contributed by atoms with Gasteiger partial charge in [0.1, 0.15) is 0 Å². The van der Waals surface area contributed by atoms with Gasteiger partial charge in [0, 0.05) is 11.8 Å². The van der Waals surface area contributed by atoms with Crippen LogP contribution in [0.15, 0.2) is 42.1 Å². The van der Waals surface area contributed by atoms with Gasteiger partial charge in [0.15, 0.2) is 0 Å². The Morgan fingerprint density at radius 2 is 2.10 bits per heavy atom. The van der Waals surface area contributed by atoms with Gasteiger partial charge in [0.25, 0.3) is 0 Å². The van der Waals surface area contributed by atoms with Crippen molar-refractivity contribution in [3.8, 4) is 5.69 Å². The Labute approximate surface area is 124 Å². The number of rotatable bonds is 4. The van der Waals surface area contributed by atoms with Gasteiger partial charge in [-0.1, -0.05) is 30.7 Å². The maximum Gasteiger partial charge on any atom is 0.248 e. The van der Waals surface area contributed by atoms with Gasteiger partial charge in [-0.2, -0.15) is 0 Å². The Morgan fingerprint density at radius 3 is 2.76 bits per heavy atom. The lowest BCUT2D eigenvalue weighted by Gasteiger charge is -2.10. The maximum atomic E-state index is 11.8. The summed E-state index contributed by atoms with van der Waals surface area (Å²) in [7, 11) is 0. The summed E-state index contributed by atoms with van der Waals surface area (Å²) < 4.78 is 1.79. The van der Waals surface area contributed by atoms with Crippen LogP contribution in [0, 0.1) is 0 Å². The lowest BCUT2D eigenvalue weighted by molar-refractivity contribution is -0.111. The second-order valence-electron chi connectivity index (χ2n) is 5.49. The summed E-state index contributed by atoms with van der Waals surface area (Å²) >= 11 is 0. The fourth-order valence-electron chi connectivity index (χ4n) is 1.99. The first-order valence-corrected chi connectivity index (χ1v) is 6.94. The third-order valence-corrected chi connectivity index (χ3v) is 2.95. The highest BCUT2D eigenvalue weighted by molar-refractivity contribution is 5.99. The number of nitrogens with one attached hydrogen (secondary N) is 1. The quantitative estimate of drug-likeness (QED) is 0.876. The van der Waals surface area contributed by atoms with E-state index < -0.39 is 0 Å². The van der Waals surface area contributed by atoms with Crippen LogP contribution in [0.2, 0.25) is 0 Å². The van der Waals surface area contributed by atoms with Gasteiger partial charge in [-0.05, 0) is 38.0 Å². The molecule has 2 rings (SSSR count). The molecule has 1 N–H and O–H groups in total. The SMILES string of the molecule is CC(C)=CC(=O)Nc1cccc(-n2nncc2C(C)C)c1. The van der Waals surface area contributed by atoms with Crippen LogP contribution in [0.5, 0.6) is 0 Å². The molecule has 0 spiro atoms. The van der Waals surface area contributed by atoms with Crippen molar-refractivity contribution < 1.29 is 4.79 Å². The molecule has 5 heteroatoms. The number of allylic oxidation sites excluding steroid dienone is 1. The molecule has 0 radical (unpaired) electrons. The lowest BCUT2D eigenvalue weighted by Crippen LogP contribution is -2.09. The zero-order valence-corrected chi connectivity index (χ0v) is 12.8. The Balaban J connectivity index is 2.28. The number of aromatic nitrogens is 3. The molecule has 1 aromatic carbocycles. The minimum absolute atomic E-state index is 0.130. The first-order valence-electron chi connectivity index (χ1n) is 6.94. The highest BCUT2D eigenvalue weighted by atomic mass is 16.1. The number of carbonyl (C=O) groups excluding carboxylic acids is 1. The standard InChI is InChI=1S/C16H20N4O/c1-11(2)8-16(21)18-13-6-5-7-14(9-13)20-15(12(3)4)10-17-19-20/h5-10,12H,1-4H3,(H,18,21). The highest BCUT2D eigenvalue weighted by Gasteiger charge is 2.10. The molecule has 0 unspecified atom stereocenters. The summed E-state index contributed by atoms with van der Waals surface area (Å²) in [5.41, 5.74) is 3.61. The molecule has 0 aliphatic heterocycles. The molecule has 5 nitrogen and oxygen atoms in total. The van der Waals surface area contributed by atoms with E-state index in [-0.39, 0.29) is 5.91 Å². The van der Waals surface area contributed by atoms with Gasteiger partial charge in [-0.15, -0.1) is 5.10 Å². The van der Waals surface area contributed by atoms with E-state index in [9.17, 15) is 4.79 Å². The van der Waals surface area contributed by atoms with E-state index in [1.54, 1.807) is 17.0 Å². The van der Waals surface area contributed by atoms with Crippen molar-refractivity contribution in [3.63, 3.8) is 0 Å². The zero-order chi connectivity index (χ0) is 15.4. The lowest BCUT2D eigenvalue weighted by atomic mass is 10.1. The van der Waals surface area contributed by atoms with Crippen molar-refractivity contribution in [2.75, 3.05) is 5.32 Å². The highest BCUT2D eigenvalue weighted by Crippen LogP contribution is 2.19. The number of hydrogen-bond acceptors (Lipinski definition) is 3. The molecule has 1 aromatic heterocycles. The second kappa shape index (κ2) is 6.35. The number of anilines is 1. The maximum absolute atomic E-state index is 11.8. The smallest absolute Gasteiger partial charge is 0.248 e. The van der Waals surface area contributed by atoms with E-state index in [0.29, 0.717) is 5.92 Å². The molecular weight excluding hydrogens is 264 g/mol. The van der Waals surface area contributed by atoms with Crippen LogP contribution in [0.3, 0.4) is 0 Å². The minimum atomic E-state index is -0.130. The van der Waals surface area contributed by atoms with Crippen LogP contribution in [-0.4, -0.2) is 20.9 Å². The summed E-state index contributed by atoms with van der Waals surface area (Å²) in [6, 6.07) is 7.57. The molecule has 0 fully saturated rings. The zero-order valence-electron chi connectivity index (χ0n) is 12.8. The van der Waals surface area contributed by atoms with E-state index in [1.165, 1.54) is 0 Å². The average Bonchev–Trinajstić information content (AvgIpc) is 2.87. The summed E-state index contributed by atoms with van der Waals surface area (Å²) in [4.78, 5) is 11.8. The topological polar surface area (TPSA) is 59.8 Å². The largest absolute Gasteiger partial charge is 0.322 e. The Kier molecular flexibility index (Phi) is 4.52. The van der Waals surface area contributed by atoms with Gasteiger partial charge >= 0.3 is 0 Å². The van der Waals surface area contributed by atoms with Crippen LogP contribution in [0.25, 0.3) is 5.69 Å². The Morgan fingerprint density at radius 1 is 1.33 bits per heavy atom. The van der Waals surface area contributed by atoms with Crippen molar-refractivity contribution in [1.29, 1.82) is 0 Å². The molecule has 2 aromatic rings. The molecule has 0 aliphatic carbocycles. The second-order valence-corrected chi connectivity index (χ2v) is 5.49. The molecule has 0 bridgehead atoms. The van der Waals surface area contributed by atoms with Gasteiger partial charge < -0.3 is 5.32 Å². The monoisotopic (exact) mass is 284 g/mol. The number of nitrogens with zero attached hydrogens (tertiary/aromatic N) is 3. The molecule has 0 aliphatic rings. The molecule has 0 saturated carbocycles. The number of benzene rings is 1. The van der Waals surface area contributed by atoms with Crippen LogP contribution in [0.1, 0.15) is 39.3 Å². The molecule has 0 atom stereocenters. The molecular formula is C16H20N4O. The minimum Gasteiger partial charge on any atom is -0.322 e. The summed E-state index contributed by atoms with van der Waals surface area (Å²) in [5, 5.41) is 10.9. The van der Waals surface area contributed by atoms with Crippen molar-refractivity contribution >= 4 is 11.6 Å². The fraction of sp³-hybridized carbons (Fsp3) is 0.312. The predicted octanol–water partition coefficient (Wildman–Crippen LogP) is 3.30. The van der Waals surface area contributed by atoms with Crippen LogP contribution >= 0.6 is 0 Å². The van der Waals surface area contributed by atoms with Crippen molar-refractivity contribution in [1.82, 2.24) is 15.0 Å². The molecule has 0 saturated heterocycles. The number of carbonyl (C=O) groups is 1. The third-order valence-electron chi connectivity index (χ3n) is 2.95. The van der Waals surface area contributed by atoms with Crippen LogP contribution in [-0.2, 0) is 4.79 Å². The van der Waals surface area contributed by atoms with Crippen molar-refractivity contribution in [2.45, 2.75) is 33.6 Å². The average molecular weight is 284 g/mol. The predicted molar refractivity (Wildman–Crippen MR) is 83.5 cm³/mol. The summed E-state index contributed by atoms with van der Waals surface area (Å²) in [6.07, 6.45) is 3.33. The molecule has 1 amide bonds. The van der Waals surface area contributed by atoms with Gasteiger partial charge in [-0.25, -0.2) is 4.68 Å². The fourth-order valence-corrected chi connectivity index (χ4v) is 1.99. The van der Waals surface area contributed by atoms with Crippen molar-refractivity contribution in [3.05, 3.63) is 47.8 Å². The first kappa shape index (κ1) is 15.0. The van der Waals surface area contributed by atoms with Crippen molar-refractivity contribution in [2.24, 2.45) is 0 Å². The molecule has 21 heavy (non-hydrogen) atoms. The molecule has 1 heterocycles. The Hall–Kier alpha value is -2.43. The van der Waals surface area contributed by atoms with Gasteiger partial charge in [-0.3, -0.25) is 4.79 Å². The van der Waals surface area contributed by atoms with Crippen LogP contribution in [0.4, 0.5) is 5.69 Å². The third kappa shape index (κ3) is 3.78. The summed E-state index contributed by atoms with van der Waals surface area (Å²) in [6.45, 7) is 7.96. The van der Waals surface area contributed by atoms with Crippen LogP contribution < -0.4 is 5.32 Å². The van der Waals surface area contributed by atoms with Gasteiger partial charge in [0.2, 0.25) is 5.91 Å². The normalized spacial score (nSPS) is 10.5. The number of hydrogen-bond donors (Lipinski definition) is 1. The molecule has 110 valence electrons. The number of amides is 1. The first-order chi connectivity index (χ1) is 9.97. The summed E-state index contributed by atoms with van der Waals surface area (Å²) in [5.74, 6) is 0.193. The van der Waals surface area contributed by atoms with Gasteiger partial charge in [0.05, 0.1) is 17.6 Å².